The van der Waals surface area contributed by atoms with Gasteiger partial charge >= 0.3 is 0 Å². The number of rotatable bonds is 2. The summed E-state index contributed by atoms with van der Waals surface area (Å²) in [6.07, 6.45) is 6.25. The zero-order valence-corrected chi connectivity index (χ0v) is 11.6. The maximum atomic E-state index is 6.49. The lowest BCUT2D eigenvalue weighted by atomic mass is 9.77. The first kappa shape index (κ1) is 13.1. The lowest BCUT2D eigenvalue weighted by Gasteiger charge is -2.33. The van der Waals surface area contributed by atoms with Crippen LogP contribution in [0.25, 0.3) is 0 Å². The van der Waals surface area contributed by atoms with E-state index in [0.29, 0.717) is 17.7 Å². The Bertz CT molecular complexity index is 428. The third-order valence-electron chi connectivity index (χ3n) is 4.49. The number of ether oxygens (including phenoxy) is 1. The van der Waals surface area contributed by atoms with E-state index in [1.807, 2.05) is 0 Å². The summed E-state index contributed by atoms with van der Waals surface area (Å²) >= 11 is 0. The van der Waals surface area contributed by atoms with Crippen LogP contribution in [0.1, 0.15) is 63.1 Å². The smallest absolute Gasteiger partial charge is 0.246 e. The number of hydrogen-bond donors (Lipinski definition) is 1. The summed E-state index contributed by atoms with van der Waals surface area (Å²) in [7, 11) is 0. The molecule has 2 atom stereocenters. The van der Waals surface area contributed by atoms with E-state index in [-0.39, 0.29) is 0 Å². The Hall–Kier alpha value is -0.940. The summed E-state index contributed by atoms with van der Waals surface area (Å²) < 4.78 is 10.8. The Morgan fingerprint density at radius 1 is 1.26 bits per heavy atom. The first-order valence-electron chi connectivity index (χ1n) is 7.38. The monoisotopic (exact) mass is 265 g/mol. The molecule has 1 aliphatic carbocycles. The van der Waals surface area contributed by atoms with Gasteiger partial charge in [-0.15, -0.1) is 0 Å². The summed E-state index contributed by atoms with van der Waals surface area (Å²) in [5.74, 6) is 2.47. The molecule has 3 rings (SSSR count). The van der Waals surface area contributed by atoms with Crippen LogP contribution >= 0.6 is 0 Å². The van der Waals surface area contributed by atoms with Gasteiger partial charge in [0.1, 0.15) is 0 Å². The highest BCUT2D eigenvalue weighted by atomic mass is 16.5. The van der Waals surface area contributed by atoms with E-state index < -0.39 is 5.54 Å². The highest BCUT2D eigenvalue weighted by molar-refractivity contribution is 5.07. The zero-order valence-electron chi connectivity index (χ0n) is 11.6. The molecule has 0 aromatic carbocycles. The number of nitrogens with zero attached hydrogens (tertiary/aromatic N) is 2. The molecule has 106 valence electrons. The maximum Gasteiger partial charge on any atom is 0.246 e. The predicted molar refractivity (Wildman–Crippen MR) is 70.6 cm³/mol. The van der Waals surface area contributed by atoms with E-state index in [1.165, 1.54) is 6.42 Å². The Kier molecular flexibility index (Phi) is 3.58. The van der Waals surface area contributed by atoms with Crippen molar-refractivity contribution in [2.45, 2.75) is 56.9 Å². The molecule has 1 aromatic heterocycles. The fourth-order valence-corrected chi connectivity index (χ4v) is 3.34. The van der Waals surface area contributed by atoms with E-state index in [1.54, 1.807) is 0 Å². The second-order valence-electron chi connectivity index (χ2n) is 6.20. The van der Waals surface area contributed by atoms with Gasteiger partial charge < -0.3 is 15.0 Å². The van der Waals surface area contributed by atoms with Crippen molar-refractivity contribution in [3.05, 3.63) is 11.7 Å². The Labute approximate surface area is 113 Å². The third-order valence-corrected chi connectivity index (χ3v) is 4.49. The molecule has 1 saturated carbocycles. The van der Waals surface area contributed by atoms with Crippen molar-refractivity contribution in [2.24, 2.45) is 11.7 Å². The van der Waals surface area contributed by atoms with Gasteiger partial charge in [0.15, 0.2) is 5.82 Å². The van der Waals surface area contributed by atoms with Gasteiger partial charge in [-0.25, -0.2) is 0 Å². The first-order valence-corrected chi connectivity index (χ1v) is 7.38. The molecule has 2 aliphatic rings. The maximum absolute atomic E-state index is 6.49. The van der Waals surface area contributed by atoms with Crippen LogP contribution in [0.2, 0.25) is 0 Å². The molecule has 5 heteroatoms. The Morgan fingerprint density at radius 3 is 2.79 bits per heavy atom. The van der Waals surface area contributed by atoms with Crippen LogP contribution in [0.3, 0.4) is 0 Å². The van der Waals surface area contributed by atoms with Gasteiger partial charge in [-0.3, -0.25) is 0 Å². The Balaban J connectivity index is 1.76. The zero-order chi connectivity index (χ0) is 13.3. The summed E-state index contributed by atoms with van der Waals surface area (Å²) in [6, 6.07) is 0. The van der Waals surface area contributed by atoms with Crippen molar-refractivity contribution in [2.75, 3.05) is 13.2 Å². The van der Waals surface area contributed by atoms with Crippen LogP contribution < -0.4 is 5.73 Å². The second kappa shape index (κ2) is 5.21. The molecule has 2 N–H and O–H groups in total. The van der Waals surface area contributed by atoms with Crippen LogP contribution in [0.15, 0.2) is 4.52 Å². The predicted octanol–water partition coefficient (Wildman–Crippen LogP) is 2.33. The summed E-state index contributed by atoms with van der Waals surface area (Å²) in [4.78, 5) is 4.61. The van der Waals surface area contributed by atoms with Crippen molar-refractivity contribution in [3.63, 3.8) is 0 Å². The largest absolute Gasteiger partial charge is 0.381 e. The molecular weight excluding hydrogens is 242 g/mol. The molecule has 0 bridgehead atoms. The molecule has 0 amide bonds. The van der Waals surface area contributed by atoms with Crippen LogP contribution in [-0.2, 0) is 10.3 Å². The van der Waals surface area contributed by atoms with E-state index in [2.05, 4.69) is 17.1 Å². The minimum Gasteiger partial charge on any atom is -0.381 e. The summed E-state index contributed by atoms with van der Waals surface area (Å²) in [6.45, 7) is 3.83. The number of aromatic nitrogens is 2. The topological polar surface area (TPSA) is 74.2 Å². The molecular formula is C14H23N3O2. The van der Waals surface area contributed by atoms with E-state index in [0.717, 1.165) is 51.1 Å². The van der Waals surface area contributed by atoms with E-state index in [9.17, 15) is 0 Å². The second-order valence-corrected chi connectivity index (χ2v) is 6.20. The quantitative estimate of drug-likeness (QED) is 0.888. The van der Waals surface area contributed by atoms with Crippen molar-refractivity contribution in [1.29, 1.82) is 0 Å². The molecule has 0 radical (unpaired) electrons. The lowest BCUT2D eigenvalue weighted by Crippen LogP contribution is -2.41. The van der Waals surface area contributed by atoms with Gasteiger partial charge in [-0.05, 0) is 31.6 Å². The van der Waals surface area contributed by atoms with Crippen LogP contribution in [0, 0.1) is 5.92 Å². The SMILES string of the molecule is CC1CCCC(N)(c2nc(C3CCOCC3)no2)C1. The van der Waals surface area contributed by atoms with Crippen LogP contribution in [0.5, 0.6) is 0 Å². The lowest BCUT2D eigenvalue weighted by molar-refractivity contribution is 0.0830. The summed E-state index contributed by atoms with van der Waals surface area (Å²) in [5, 5.41) is 4.16. The minimum atomic E-state index is -0.409. The Morgan fingerprint density at radius 2 is 2.05 bits per heavy atom. The standard InChI is InChI=1S/C14H23N3O2/c1-10-3-2-6-14(15,9-10)13-16-12(17-19-13)11-4-7-18-8-5-11/h10-11H,2-9,15H2,1H3. The highest BCUT2D eigenvalue weighted by Gasteiger charge is 2.38. The molecule has 1 aliphatic heterocycles. The van der Waals surface area contributed by atoms with E-state index in [4.69, 9.17) is 15.0 Å². The van der Waals surface area contributed by atoms with Gasteiger partial charge in [0.05, 0.1) is 5.54 Å². The van der Waals surface area contributed by atoms with E-state index >= 15 is 0 Å². The fourth-order valence-electron chi connectivity index (χ4n) is 3.34. The normalized spacial score (nSPS) is 33.5. The fraction of sp³-hybridized carbons (Fsp3) is 0.857. The molecule has 1 saturated heterocycles. The first-order chi connectivity index (χ1) is 9.17. The van der Waals surface area contributed by atoms with Gasteiger partial charge in [-0.2, -0.15) is 4.98 Å². The van der Waals surface area contributed by atoms with Crippen molar-refractivity contribution in [1.82, 2.24) is 10.1 Å². The number of nitrogens with two attached hydrogens (primary N) is 1. The molecule has 19 heavy (non-hydrogen) atoms. The average Bonchev–Trinajstić information content (AvgIpc) is 2.90. The third kappa shape index (κ3) is 2.67. The average molecular weight is 265 g/mol. The molecule has 5 nitrogen and oxygen atoms in total. The molecule has 0 spiro atoms. The van der Waals surface area contributed by atoms with Gasteiger partial charge in [0.2, 0.25) is 5.89 Å². The molecule has 1 aromatic rings. The van der Waals surface area contributed by atoms with Gasteiger partial charge in [0, 0.05) is 19.1 Å². The minimum absolute atomic E-state index is 0.371. The van der Waals surface area contributed by atoms with Crippen molar-refractivity contribution < 1.29 is 9.26 Å². The van der Waals surface area contributed by atoms with Crippen molar-refractivity contribution in [3.8, 4) is 0 Å². The summed E-state index contributed by atoms with van der Waals surface area (Å²) in [5.41, 5.74) is 6.08. The molecule has 2 fully saturated rings. The van der Waals surface area contributed by atoms with Crippen molar-refractivity contribution >= 4 is 0 Å². The van der Waals surface area contributed by atoms with Crippen LogP contribution in [0.4, 0.5) is 0 Å². The van der Waals surface area contributed by atoms with Crippen LogP contribution in [-0.4, -0.2) is 23.4 Å². The molecule has 2 heterocycles. The van der Waals surface area contributed by atoms with Gasteiger partial charge in [-0.1, -0.05) is 24.9 Å². The number of hydrogen-bond acceptors (Lipinski definition) is 5. The van der Waals surface area contributed by atoms with Gasteiger partial charge in [0.25, 0.3) is 0 Å². The highest BCUT2D eigenvalue weighted by Crippen LogP contribution is 2.37. The molecule has 2 unspecified atom stereocenters.